The molecule has 1 aliphatic heterocycles. The zero-order valence-corrected chi connectivity index (χ0v) is 10.6. The van der Waals surface area contributed by atoms with Crippen molar-refractivity contribution < 1.29 is 13.2 Å². The van der Waals surface area contributed by atoms with Crippen LogP contribution in [0.3, 0.4) is 0 Å². The van der Waals surface area contributed by atoms with E-state index in [2.05, 4.69) is 0 Å². The summed E-state index contributed by atoms with van der Waals surface area (Å²) in [5.74, 6) is 0. The number of ether oxygens (including phenoxy) is 1. The molecule has 1 fully saturated rings. The number of anilines is 1. The molecule has 0 radical (unpaired) electrons. The number of sulfonamides is 1. The summed E-state index contributed by atoms with van der Waals surface area (Å²) >= 11 is 1.22. The van der Waals surface area contributed by atoms with Crippen molar-refractivity contribution in [2.45, 2.75) is 11.1 Å². The molecule has 1 aliphatic rings. The lowest BCUT2D eigenvalue weighted by molar-refractivity contribution is 0.0731. The summed E-state index contributed by atoms with van der Waals surface area (Å²) in [5, 5.41) is 0. The van der Waals surface area contributed by atoms with Gasteiger partial charge in [0.2, 0.25) is 0 Å². The van der Waals surface area contributed by atoms with Gasteiger partial charge in [0.25, 0.3) is 10.0 Å². The van der Waals surface area contributed by atoms with Gasteiger partial charge in [-0.15, -0.1) is 11.3 Å². The van der Waals surface area contributed by atoms with E-state index >= 15 is 0 Å². The summed E-state index contributed by atoms with van der Waals surface area (Å²) in [5.41, 5.74) is 6.21. The Hall–Kier alpha value is -0.630. The predicted molar refractivity (Wildman–Crippen MR) is 63.0 cm³/mol. The number of nitrogens with two attached hydrogens (primary N) is 1. The molecule has 0 aromatic carbocycles. The second-order valence-corrected chi connectivity index (χ2v) is 7.01. The highest BCUT2D eigenvalue weighted by Gasteiger charge is 2.28. The Morgan fingerprint density at radius 1 is 1.44 bits per heavy atom. The van der Waals surface area contributed by atoms with Crippen molar-refractivity contribution in [1.29, 1.82) is 0 Å². The lowest BCUT2D eigenvalue weighted by atomic mass is 10.4. The van der Waals surface area contributed by atoms with Crippen LogP contribution in [-0.4, -0.2) is 39.0 Å². The molecule has 0 spiro atoms. The van der Waals surface area contributed by atoms with Crippen LogP contribution < -0.4 is 5.73 Å². The van der Waals surface area contributed by atoms with E-state index in [1.54, 1.807) is 0 Å². The summed E-state index contributed by atoms with van der Waals surface area (Å²) in [7, 11) is -3.37. The molecule has 0 unspecified atom stereocenters. The van der Waals surface area contributed by atoms with E-state index in [4.69, 9.17) is 10.5 Å². The van der Waals surface area contributed by atoms with Gasteiger partial charge >= 0.3 is 0 Å². The first-order valence-corrected chi connectivity index (χ1v) is 7.21. The SMILES string of the molecule is Cc1sc(S(=O)(=O)N2CCOCC2)cc1N. The highest BCUT2D eigenvalue weighted by atomic mass is 32.2. The number of thiophene rings is 1. The van der Waals surface area contributed by atoms with Crippen LogP contribution in [0.1, 0.15) is 4.88 Å². The molecule has 5 nitrogen and oxygen atoms in total. The summed E-state index contributed by atoms with van der Waals surface area (Å²) in [6, 6.07) is 1.53. The summed E-state index contributed by atoms with van der Waals surface area (Å²) in [4.78, 5) is 0.840. The molecule has 1 aromatic rings. The largest absolute Gasteiger partial charge is 0.398 e. The first kappa shape index (κ1) is 11.8. The molecule has 2 N–H and O–H groups in total. The Labute approximate surface area is 98.9 Å². The van der Waals surface area contributed by atoms with Crippen molar-refractivity contribution in [2.75, 3.05) is 32.0 Å². The fourth-order valence-electron chi connectivity index (χ4n) is 1.51. The Balaban J connectivity index is 2.30. The highest BCUT2D eigenvalue weighted by Crippen LogP contribution is 2.29. The van der Waals surface area contributed by atoms with Crippen molar-refractivity contribution in [3.63, 3.8) is 0 Å². The van der Waals surface area contributed by atoms with Gasteiger partial charge in [-0.3, -0.25) is 0 Å². The third kappa shape index (κ3) is 2.08. The third-order valence-electron chi connectivity index (χ3n) is 2.50. The van der Waals surface area contributed by atoms with Crippen LogP contribution >= 0.6 is 11.3 Å². The second-order valence-electron chi connectivity index (χ2n) is 3.59. The van der Waals surface area contributed by atoms with E-state index in [-0.39, 0.29) is 0 Å². The lowest BCUT2D eigenvalue weighted by Crippen LogP contribution is -2.40. The molecule has 0 atom stereocenters. The van der Waals surface area contributed by atoms with Crippen LogP contribution in [0.15, 0.2) is 10.3 Å². The van der Waals surface area contributed by atoms with Crippen molar-refractivity contribution in [3.05, 3.63) is 10.9 Å². The van der Waals surface area contributed by atoms with Crippen molar-refractivity contribution in [2.24, 2.45) is 0 Å². The summed E-state index contributed by atoms with van der Waals surface area (Å²) in [6.45, 7) is 3.56. The number of aryl methyl sites for hydroxylation is 1. The molecule has 2 heterocycles. The van der Waals surface area contributed by atoms with Crippen LogP contribution in [0.4, 0.5) is 5.69 Å². The summed E-state index contributed by atoms with van der Waals surface area (Å²) in [6.07, 6.45) is 0. The maximum absolute atomic E-state index is 12.2. The number of morpholine rings is 1. The molecule has 16 heavy (non-hydrogen) atoms. The Morgan fingerprint density at radius 3 is 2.56 bits per heavy atom. The molecule has 0 amide bonds. The van der Waals surface area contributed by atoms with Gasteiger partial charge in [0, 0.05) is 23.7 Å². The van der Waals surface area contributed by atoms with E-state index in [9.17, 15) is 8.42 Å². The van der Waals surface area contributed by atoms with E-state index in [0.717, 1.165) is 4.88 Å². The minimum Gasteiger partial charge on any atom is -0.398 e. The molecule has 0 aliphatic carbocycles. The van der Waals surface area contributed by atoms with E-state index < -0.39 is 10.0 Å². The topological polar surface area (TPSA) is 72.6 Å². The predicted octanol–water partition coefficient (Wildman–Crippen LogP) is 0.660. The number of rotatable bonds is 2. The molecule has 0 saturated carbocycles. The smallest absolute Gasteiger partial charge is 0.252 e. The van der Waals surface area contributed by atoms with E-state index in [0.29, 0.717) is 36.2 Å². The van der Waals surface area contributed by atoms with Crippen LogP contribution in [0.25, 0.3) is 0 Å². The Bertz CT molecular complexity index is 455. The van der Waals surface area contributed by atoms with Crippen LogP contribution in [0, 0.1) is 6.92 Å². The zero-order valence-electron chi connectivity index (χ0n) is 8.97. The Kier molecular flexibility index (Phi) is 3.20. The quantitative estimate of drug-likeness (QED) is 0.850. The van der Waals surface area contributed by atoms with Crippen molar-refractivity contribution in [1.82, 2.24) is 4.31 Å². The van der Waals surface area contributed by atoms with E-state index in [1.165, 1.54) is 21.7 Å². The molecular formula is C9H14N2O3S2. The first-order chi connectivity index (χ1) is 7.51. The zero-order chi connectivity index (χ0) is 11.8. The molecular weight excluding hydrogens is 248 g/mol. The van der Waals surface area contributed by atoms with Gasteiger partial charge in [0.15, 0.2) is 0 Å². The first-order valence-electron chi connectivity index (χ1n) is 4.95. The normalized spacial score (nSPS) is 18.8. The number of nitrogens with zero attached hydrogens (tertiary/aromatic N) is 1. The number of hydrogen-bond acceptors (Lipinski definition) is 5. The molecule has 1 aromatic heterocycles. The maximum atomic E-state index is 12.2. The third-order valence-corrected chi connectivity index (χ3v) is 5.91. The average Bonchev–Trinajstić information content (AvgIpc) is 2.61. The van der Waals surface area contributed by atoms with Gasteiger partial charge in [-0.05, 0) is 13.0 Å². The summed E-state index contributed by atoms with van der Waals surface area (Å²) < 4.78 is 31.3. The maximum Gasteiger partial charge on any atom is 0.252 e. The fraction of sp³-hybridized carbons (Fsp3) is 0.556. The number of hydrogen-bond donors (Lipinski definition) is 1. The van der Waals surface area contributed by atoms with Gasteiger partial charge in [0.05, 0.1) is 13.2 Å². The van der Waals surface area contributed by atoms with Crippen molar-refractivity contribution >= 4 is 27.0 Å². The van der Waals surface area contributed by atoms with Crippen LogP contribution in [0.2, 0.25) is 0 Å². The average molecular weight is 262 g/mol. The number of nitrogen functional groups attached to an aromatic ring is 1. The van der Waals surface area contributed by atoms with Crippen LogP contribution in [0.5, 0.6) is 0 Å². The van der Waals surface area contributed by atoms with Gasteiger partial charge in [-0.2, -0.15) is 4.31 Å². The monoisotopic (exact) mass is 262 g/mol. The molecule has 90 valence electrons. The van der Waals surface area contributed by atoms with Gasteiger partial charge in [-0.1, -0.05) is 0 Å². The van der Waals surface area contributed by atoms with Gasteiger partial charge in [0.1, 0.15) is 4.21 Å². The molecule has 1 saturated heterocycles. The Morgan fingerprint density at radius 2 is 2.06 bits per heavy atom. The van der Waals surface area contributed by atoms with E-state index in [1.807, 2.05) is 6.92 Å². The molecule has 2 rings (SSSR count). The van der Waals surface area contributed by atoms with Crippen LogP contribution in [-0.2, 0) is 14.8 Å². The molecule has 7 heteroatoms. The standard InChI is InChI=1S/C9H14N2O3S2/c1-7-8(10)6-9(15-7)16(12,13)11-2-4-14-5-3-11/h6H,2-5,10H2,1H3. The molecule has 0 bridgehead atoms. The second kappa shape index (κ2) is 4.33. The van der Waals surface area contributed by atoms with Crippen molar-refractivity contribution in [3.8, 4) is 0 Å². The van der Waals surface area contributed by atoms with Gasteiger partial charge in [-0.25, -0.2) is 8.42 Å². The van der Waals surface area contributed by atoms with Gasteiger partial charge < -0.3 is 10.5 Å². The minimum absolute atomic E-state index is 0.324. The minimum atomic E-state index is -3.37. The highest BCUT2D eigenvalue weighted by molar-refractivity contribution is 7.91. The lowest BCUT2D eigenvalue weighted by Gasteiger charge is -2.25. The fourth-order valence-corrected chi connectivity index (χ4v) is 4.45.